The Bertz CT molecular complexity index is 392. The number of hydrogen-bond acceptors (Lipinski definition) is 3. The van der Waals surface area contributed by atoms with Gasteiger partial charge in [-0.05, 0) is 55.3 Å². The fourth-order valence-electron chi connectivity index (χ4n) is 3.03. The van der Waals surface area contributed by atoms with E-state index >= 15 is 0 Å². The van der Waals surface area contributed by atoms with E-state index in [-0.39, 0.29) is 0 Å². The van der Waals surface area contributed by atoms with Crippen LogP contribution in [0.2, 0.25) is 0 Å². The molecule has 3 nitrogen and oxygen atoms in total. The molecule has 2 rings (SSSR count). The topological polar surface area (TPSA) is 34.1 Å². The summed E-state index contributed by atoms with van der Waals surface area (Å²) in [6.45, 7) is 6.75. The third-order valence-corrected chi connectivity index (χ3v) is 4.02. The van der Waals surface area contributed by atoms with E-state index in [1.165, 1.54) is 24.8 Å². The fourth-order valence-corrected chi connectivity index (χ4v) is 3.03. The molecule has 1 N–H and O–H groups in total. The molecule has 1 saturated carbocycles. The molecule has 0 aliphatic heterocycles. The Morgan fingerprint density at radius 2 is 2.21 bits per heavy atom. The summed E-state index contributed by atoms with van der Waals surface area (Å²) in [5.74, 6) is 2.98. The molecular formula is C16H26N2O. The van der Waals surface area contributed by atoms with Crippen LogP contribution in [0.25, 0.3) is 0 Å². The van der Waals surface area contributed by atoms with Crippen molar-refractivity contribution in [3.05, 3.63) is 24.0 Å². The SMILES string of the molecule is COc1cncc(C2CCCC2CNCC(C)C)c1. The predicted molar refractivity (Wildman–Crippen MR) is 78.6 cm³/mol. The predicted octanol–water partition coefficient (Wildman–Crippen LogP) is 3.22. The number of nitrogens with zero attached hydrogens (tertiary/aromatic N) is 1. The van der Waals surface area contributed by atoms with Crippen molar-refractivity contribution < 1.29 is 4.74 Å². The summed E-state index contributed by atoms with van der Waals surface area (Å²) in [6, 6.07) is 2.15. The second-order valence-corrected chi connectivity index (χ2v) is 6.01. The van der Waals surface area contributed by atoms with Gasteiger partial charge >= 0.3 is 0 Å². The van der Waals surface area contributed by atoms with E-state index in [0.29, 0.717) is 5.92 Å². The molecule has 0 saturated heterocycles. The second-order valence-electron chi connectivity index (χ2n) is 6.01. The first kappa shape index (κ1) is 14.3. The molecule has 1 aromatic heterocycles. The van der Waals surface area contributed by atoms with Crippen LogP contribution in [-0.4, -0.2) is 25.2 Å². The van der Waals surface area contributed by atoms with Gasteiger partial charge in [-0.1, -0.05) is 20.3 Å². The van der Waals surface area contributed by atoms with Crippen LogP contribution in [0.5, 0.6) is 5.75 Å². The van der Waals surface area contributed by atoms with Crippen molar-refractivity contribution in [2.75, 3.05) is 20.2 Å². The molecule has 106 valence electrons. The molecule has 1 aromatic rings. The quantitative estimate of drug-likeness (QED) is 0.854. The molecule has 3 heteroatoms. The van der Waals surface area contributed by atoms with E-state index in [0.717, 1.165) is 30.7 Å². The lowest BCUT2D eigenvalue weighted by molar-refractivity contribution is 0.405. The molecule has 2 atom stereocenters. The standard InChI is InChI=1S/C16H26N2O/c1-12(2)8-17-9-13-5-4-6-16(13)14-7-15(19-3)11-18-10-14/h7,10-13,16-17H,4-6,8-9H2,1-3H3. The van der Waals surface area contributed by atoms with Gasteiger partial charge in [0.1, 0.15) is 5.75 Å². The van der Waals surface area contributed by atoms with Crippen LogP contribution in [0.1, 0.15) is 44.6 Å². The molecule has 1 aliphatic carbocycles. The maximum atomic E-state index is 5.28. The van der Waals surface area contributed by atoms with Crippen molar-refractivity contribution in [1.29, 1.82) is 0 Å². The van der Waals surface area contributed by atoms with Crippen molar-refractivity contribution in [3.8, 4) is 5.75 Å². The fraction of sp³-hybridized carbons (Fsp3) is 0.688. The van der Waals surface area contributed by atoms with E-state index in [4.69, 9.17) is 4.74 Å². The summed E-state index contributed by atoms with van der Waals surface area (Å²) in [4.78, 5) is 4.30. The van der Waals surface area contributed by atoms with E-state index in [1.54, 1.807) is 13.3 Å². The maximum absolute atomic E-state index is 5.28. The number of aromatic nitrogens is 1. The van der Waals surface area contributed by atoms with E-state index in [1.807, 2.05) is 6.20 Å². The highest BCUT2D eigenvalue weighted by atomic mass is 16.5. The zero-order chi connectivity index (χ0) is 13.7. The van der Waals surface area contributed by atoms with Gasteiger partial charge in [0.15, 0.2) is 0 Å². The van der Waals surface area contributed by atoms with Gasteiger partial charge in [0.05, 0.1) is 13.3 Å². The lowest BCUT2D eigenvalue weighted by Gasteiger charge is -2.21. The summed E-state index contributed by atoms with van der Waals surface area (Å²) in [5.41, 5.74) is 1.34. The first-order chi connectivity index (χ1) is 9.20. The lowest BCUT2D eigenvalue weighted by Crippen LogP contribution is -2.27. The normalized spacial score (nSPS) is 22.9. The minimum atomic E-state index is 0.641. The molecule has 1 heterocycles. The van der Waals surface area contributed by atoms with Crippen LogP contribution in [0.3, 0.4) is 0 Å². The number of nitrogens with one attached hydrogen (secondary N) is 1. The zero-order valence-corrected chi connectivity index (χ0v) is 12.4. The summed E-state index contributed by atoms with van der Waals surface area (Å²) in [5, 5.41) is 3.60. The zero-order valence-electron chi connectivity index (χ0n) is 12.4. The van der Waals surface area contributed by atoms with E-state index in [2.05, 4.69) is 30.2 Å². The first-order valence-corrected chi connectivity index (χ1v) is 7.40. The molecule has 0 spiro atoms. The van der Waals surface area contributed by atoms with Crippen LogP contribution < -0.4 is 10.1 Å². The molecular weight excluding hydrogens is 236 g/mol. The number of ether oxygens (including phenoxy) is 1. The number of rotatable bonds is 6. The summed E-state index contributed by atoms with van der Waals surface area (Å²) in [6.07, 6.45) is 7.73. The van der Waals surface area contributed by atoms with Gasteiger partial charge in [-0.2, -0.15) is 0 Å². The number of hydrogen-bond donors (Lipinski definition) is 1. The van der Waals surface area contributed by atoms with Gasteiger partial charge < -0.3 is 10.1 Å². The minimum absolute atomic E-state index is 0.641. The smallest absolute Gasteiger partial charge is 0.137 e. The Hall–Kier alpha value is -1.09. The Morgan fingerprint density at radius 3 is 2.95 bits per heavy atom. The van der Waals surface area contributed by atoms with Crippen LogP contribution >= 0.6 is 0 Å². The van der Waals surface area contributed by atoms with Gasteiger partial charge in [-0.25, -0.2) is 0 Å². The first-order valence-electron chi connectivity index (χ1n) is 7.40. The Balaban J connectivity index is 1.97. The Morgan fingerprint density at radius 1 is 1.37 bits per heavy atom. The van der Waals surface area contributed by atoms with Gasteiger partial charge in [0.25, 0.3) is 0 Å². The number of pyridine rings is 1. The molecule has 2 unspecified atom stereocenters. The van der Waals surface area contributed by atoms with Gasteiger partial charge in [-0.3, -0.25) is 4.98 Å². The largest absolute Gasteiger partial charge is 0.495 e. The average Bonchev–Trinajstić information content (AvgIpc) is 2.87. The Labute approximate surface area is 116 Å². The minimum Gasteiger partial charge on any atom is -0.495 e. The second kappa shape index (κ2) is 6.90. The molecule has 0 aromatic carbocycles. The van der Waals surface area contributed by atoms with Crippen LogP contribution in [0.15, 0.2) is 18.5 Å². The van der Waals surface area contributed by atoms with Crippen molar-refractivity contribution in [3.63, 3.8) is 0 Å². The van der Waals surface area contributed by atoms with E-state index in [9.17, 15) is 0 Å². The highest BCUT2D eigenvalue weighted by Gasteiger charge is 2.28. The maximum Gasteiger partial charge on any atom is 0.137 e. The molecule has 19 heavy (non-hydrogen) atoms. The Kier molecular flexibility index (Phi) is 5.20. The molecule has 1 fully saturated rings. The summed E-state index contributed by atoms with van der Waals surface area (Å²) in [7, 11) is 1.71. The number of methoxy groups -OCH3 is 1. The van der Waals surface area contributed by atoms with Crippen LogP contribution in [0, 0.1) is 11.8 Å². The molecule has 0 radical (unpaired) electrons. The van der Waals surface area contributed by atoms with E-state index < -0.39 is 0 Å². The molecule has 0 amide bonds. The van der Waals surface area contributed by atoms with Crippen LogP contribution in [0.4, 0.5) is 0 Å². The average molecular weight is 262 g/mol. The molecule has 0 bridgehead atoms. The highest BCUT2D eigenvalue weighted by Crippen LogP contribution is 2.39. The summed E-state index contributed by atoms with van der Waals surface area (Å²) >= 11 is 0. The third-order valence-electron chi connectivity index (χ3n) is 4.02. The monoisotopic (exact) mass is 262 g/mol. The lowest BCUT2D eigenvalue weighted by atomic mass is 9.89. The van der Waals surface area contributed by atoms with Gasteiger partial charge in [-0.15, -0.1) is 0 Å². The summed E-state index contributed by atoms with van der Waals surface area (Å²) < 4.78 is 5.28. The molecule has 1 aliphatic rings. The van der Waals surface area contributed by atoms with Crippen molar-refractivity contribution >= 4 is 0 Å². The van der Waals surface area contributed by atoms with Gasteiger partial charge in [0, 0.05) is 6.20 Å². The van der Waals surface area contributed by atoms with Crippen molar-refractivity contribution in [2.45, 2.75) is 39.0 Å². The van der Waals surface area contributed by atoms with Crippen molar-refractivity contribution in [1.82, 2.24) is 10.3 Å². The third kappa shape index (κ3) is 3.93. The van der Waals surface area contributed by atoms with Crippen LogP contribution in [-0.2, 0) is 0 Å². The van der Waals surface area contributed by atoms with Crippen molar-refractivity contribution in [2.24, 2.45) is 11.8 Å². The highest BCUT2D eigenvalue weighted by molar-refractivity contribution is 5.27. The van der Waals surface area contributed by atoms with Gasteiger partial charge in [0.2, 0.25) is 0 Å².